The minimum absolute atomic E-state index is 0.151. The Labute approximate surface area is 222 Å². The molecular formula is C30H34F2N4O2. The fourth-order valence-electron chi connectivity index (χ4n) is 5.80. The minimum atomic E-state index is -0.937. The van der Waals surface area contributed by atoms with Crippen LogP contribution < -0.4 is 4.90 Å². The Hall–Kier alpha value is -3.68. The molecule has 6 nitrogen and oxygen atoms in total. The Bertz CT molecular complexity index is 1260. The van der Waals surface area contributed by atoms with Crippen LogP contribution in [0, 0.1) is 11.6 Å². The Balaban J connectivity index is 1.44. The zero-order chi connectivity index (χ0) is 26.6. The van der Waals surface area contributed by atoms with Gasteiger partial charge in [0.15, 0.2) is 0 Å². The Morgan fingerprint density at radius 3 is 2.50 bits per heavy atom. The largest absolute Gasteiger partial charge is 0.481 e. The van der Waals surface area contributed by atoms with Gasteiger partial charge in [0.1, 0.15) is 17.3 Å². The van der Waals surface area contributed by atoms with E-state index in [4.69, 9.17) is 4.99 Å². The number of halogens is 2. The SMILES string of the molecule is CCC1=C(/C=C\CN2C(N3CCN(c4ccc(F)cc4)CC3)=Nc3c(F)cccc3C2CC(=O)O)CCC1. The number of rotatable bonds is 7. The number of fused-ring (bicyclic) bond motifs is 1. The van der Waals surface area contributed by atoms with Crippen molar-refractivity contribution in [1.29, 1.82) is 0 Å². The van der Waals surface area contributed by atoms with Crippen LogP contribution >= 0.6 is 0 Å². The number of allylic oxidation sites excluding steroid dienone is 3. The fourth-order valence-corrected chi connectivity index (χ4v) is 5.80. The van der Waals surface area contributed by atoms with Crippen molar-refractivity contribution in [2.45, 2.75) is 45.1 Å². The van der Waals surface area contributed by atoms with Gasteiger partial charge in [0.2, 0.25) is 5.96 Å². The van der Waals surface area contributed by atoms with E-state index in [9.17, 15) is 18.7 Å². The van der Waals surface area contributed by atoms with Crippen LogP contribution in [-0.2, 0) is 4.79 Å². The van der Waals surface area contributed by atoms with Crippen molar-refractivity contribution in [3.63, 3.8) is 0 Å². The van der Waals surface area contributed by atoms with Crippen LogP contribution in [0.4, 0.5) is 20.2 Å². The number of benzene rings is 2. The number of anilines is 1. The number of hydrogen-bond donors (Lipinski definition) is 1. The van der Waals surface area contributed by atoms with Gasteiger partial charge in [-0.2, -0.15) is 0 Å². The van der Waals surface area contributed by atoms with Crippen LogP contribution in [-0.4, -0.2) is 59.6 Å². The van der Waals surface area contributed by atoms with Crippen LogP contribution in [0.1, 0.15) is 50.6 Å². The average Bonchev–Trinajstić information content (AvgIpc) is 3.38. The van der Waals surface area contributed by atoms with Gasteiger partial charge in [-0.05, 0) is 61.6 Å². The third-order valence-corrected chi connectivity index (χ3v) is 7.77. The highest BCUT2D eigenvalue weighted by atomic mass is 19.1. The molecule has 0 amide bonds. The molecular weight excluding hydrogens is 486 g/mol. The molecule has 5 rings (SSSR count). The minimum Gasteiger partial charge on any atom is -0.481 e. The molecule has 0 spiro atoms. The van der Waals surface area contributed by atoms with E-state index >= 15 is 0 Å². The number of aliphatic imine (C=N–C) groups is 1. The number of para-hydroxylation sites is 1. The molecule has 1 unspecified atom stereocenters. The maximum atomic E-state index is 15.0. The van der Waals surface area contributed by atoms with E-state index in [1.807, 2.05) is 4.90 Å². The molecule has 1 saturated heterocycles. The summed E-state index contributed by atoms with van der Waals surface area (Å²) in [4.78, 5) is 23.0. The van der Waals surface area contributed by atoms with Gasteiger partial charge >= 0.3 is 5.97 Å². The van der Waals surface area contributed by atoms with E-state index in [1.54, 1.807) is 24.3 Å². The predicted octanol–water partition coefficient (Wildman–Crippen LogP) is 6.05. The number of carboxylic acid groups (broad SMARTS) is 1. The van der Waals surface area contributed by atoms with Gasteiger partial charge in [-0.15, -0.1) is 0 Å². The molecule has 0 aromatic heterocycles. The number of guanidine groups is 1. The summed E-state index contributed by atoms with van der Waals surface area (Å²) in [6.45, 7) is 5.30. The van der Waals surface area contributed by atoms with Crippen molar-refractivity contribution in [3.05, 3.63) is 83.0 Å². The van der Waals surface area contributed by atoms with Gasteiger partial charge < -0.3 is 19.8 Å². The van der Waals surface area contributed by atoms with Gasteiger partial charge in [0.25, 0.3) is 0 Å². The molecule has 38 heavy (non-hydrogen) atoms. The lowest BCUT2D eigenvalue weighted by Gasteiger charge is -2.44. The summed E-state index contributed by atoms with van der Waals surface area (Å²) in [5.41, 5.74) is 4.64. The topological polar surface area (TPSA) is 59.4 Å². The van der Waals surface area contributed by atoms with Crippen LogP contribution in [0.2, 0.25) is 0 Å². The Kier molecular flexibility index (Phi) is 7.77. The summed E-state index contributed by atoms with van der Waals surface area (Å²) in [5.74, 6) is -1.04. The predicted molar refractivity (Wildman–Crippen MR) is 146 cm³/mol. The number of carboxylic acids is 1. The first kappa shape index (κ1) is 25.9. The number of nitrogens with zero attached hydrogens (tertiary/aromatic N) is 4. The van der Waals surface area contributed by atoms with Crippen molar-refractivity contribution in [2.75, 3.05) is 37.6 Å². The van der Waals surface area contributed by atoms with Gasteiger partial charge in [0.05, 0.1) is 12.5 Å². The smallest absolute Gasteiger partial charge is 0.305 e. The van der Waals surface area contributed by atoms with E-state index < -0.39 is 17.8 Å². The zero-order valence-electron chi connectivity index (χ0n) is 21.7. The first-order valence-corrected chi connectivity index (χ1v) is 13.4. The Morgan fingerprint density at radius 2 is 1.79 bits per heavy atom. The molecule has 1 N–H and O–H groups in total. The maximum absolute atomic E-state index is 15.0. The summed E-state index contributed by atoms with van der Waals surface area (Å²) in [6, 6.07) is 10.7. The standard InChI is InChI=1S/C30H34F2N4O2/c1-2-21-6-3-7-22(21)8-5-15-36-27(20-28(37)38)25-9-4-10-26(32)29(25)33-30(36)35-18-16-34(17-19-35)24-13-11-23(31)12-14-24/h4-5,8-14,27H,2-3,6-7,15-20H2,1H3,(H,37,38)/b8-5-. The molecule has 2 aliphatic heterocycles. The summed E-state index contributed by atoms with van der Waals surface area (Å²) >= 11 is 0. The van der Waals surface area contributed by atoms with Crippen molar-refractivity contribution in [1.82, 2.24) is 9.80 Å². The van der Waals surface area contributed by atoms with Gasteiger partial charge in [-0.25, -0.2) is 13.8 Å². The lowest BCUT2D eigenvalue weighted by molar-refractivity contribution is -0.138. The molecule has 200 valence electrons. The number of aliphatic carboxylic acids is 1. The molecule has 8 heteroatoms. The number of hydrogen-bond acceptors (Lipinski definition) is 5. The van der Waals surface area contributed by atoms with Gasteiger partial charge in [-0.1, -0.05) is 36.8 Å². The first-order chi connectivity index (χ1) is 18.4. The van der Waals surface area contributed by atoms with Crippen LogP contribution in [0.3, 0.4) is 0 Å². The molecule has 0 saturated carbocycles. The maximum Gasteiger partial charge on any atom is 0.305 e. The van der Waals surface area contributed by atoms with Gasteiger partial charge in [-0.3, -0.25) is 4.79 Å². The molecule has 0 bridgehead atoms. The van der Waals surface area contributed by atoms with Crippen LogP contribution in [0.5, 0.6) is 0 Å². The molecule has 2 aromatic rings. The zero-order valence-corrected chi connectivity index (χ0v) is 21.7. The highest BCUT2D eigenvalue weighted by Gasteiger charge is 2.36. The fraction of sp³-hybridized carbons (Fsp3) is 0.400. The van der Waals surface area contributed by atoms with E-state index in [2.05, 4.69) is 28.9 Å². The van der Waals surface area contributed by atoms with E-state index in [-0.39, 0.29) is 17.9 Å². The van der Waals surface area contributed by atoms with Crippen molar-refractivity contribution in [2.24, 2.45) is 4.99 Å². The van der Waals surface area contributed by atoms with E-state index in [1.165, 1.54) is 35.8 Å². The number of piperazine rings is 1. The quantitative estimate of drug-likeness (QED) is 0.482. The summed E-state index contributed by atoms with van der Waals surface area (Å²) < 4.78 is 28.3. The molecule has 2 aromatic carbocycles. The second-order valence-corrected chi connectivity index (χ2v) is 10.0. The monoisotopic (exact) mass is 520 g/mol. The molecule has 1 fully saturated rings. The Morgan fingerprint density at radius 1 is 1.05 bits per heavy atom. The molecule has 1 aliphatic carbocycles. The second kappa shape index (κ2) is 11.4. The van der Waals surface area contributed by atoms with Crippen LogP contribution in [0.25, 0.3) is 0 Å². The lowest BCUT2D eigenvalue weighted by Crippen LogP contribution is -2.55. The average molecular weight is 521 g/mol. The second-order valence-electron chi connectivity index (χ2n) is 10.0. The molecule has 3 aliphatic rings. The van der Waals surface area contributed by atoms with E-state index in [0.29, 0.717) is 44.2 Å². The first-order valence-electron chi connectivity index (χ1n) is 13.4. The van der Waals surface area contributed by atoms with Crippen LogP contribution in [0.15, 0.2) is 70.8 Å². The lowest BCUT2D eigenvalue weighted by atomic mass is 9.97. The summed E-state index contributed by atoms with van der Waals surface area (Å²) in [7, 11) is 0. The highest BCUT2D eigenvalue weighted by molar-refractivity contribution is 5.87. The number of carbonyl (C=O) groups is 1. The van der Waals surface area contributed by atoms with Crippen molar-refractivity contribution < 1.29 is 18.7 Å². The molecule has 0 radical (unpaired) electrons. The van der Waals surface area contributed by atoms with Gasteiger partial charge in [0, 0.05) is 44.0 Å². The summed E-state index contributed by atoms with van der Waals surface area (Å²) in [5, 5.41) is 9.79. The summed E-state index contributed by atoms with van der Waals surface area (Å²) in [6.07, 6.45) is 8.54. The third kappa shape index (κ3) is 5.44. The molecule has 2 heterocycles. The third-order valence-electron chi connectivity index (χ3n) is 7.77. The van der Waals surface area contributed by atoms with Crippen molar-refractivity contribution >= 4 is 23.3 Å². The highest BCUT2D eigenvalue weighted by Crippen LogP contribution is 2.39. The van der Waals surface area contributed by atoms with Crippen molar-refractivity contribution in [3.8, 4) is 0 Å². The molecule has 1 atom stereocenters. The van der Waals surface area contributed by atoms with E-state index in [0.717, 1.165) is 24.9 Å². The normalized spacial score (nSPS) is 19.8.